The number of carbonyl (C=O) groups excluding carboxylic acids is 3. The summed E-state index contributed by atoms with van der Waals surface area (Å²) >= 11 is 0. The summed E-state index contributed by atoms with van der Waals surface area (Å²) in [5.74, 6) is -0.266. The normalized spacial score (nSPS) is 21.9. The smallest absolute Gasteiger partial charge is 0.243 e. The lowest BCUT2D eigenvalue weighted by Gasteiger charge is -2.22. The fourth-order valence-corrected chi connectivity index (χ4v) is 5.19. The molecule has 0 unspecified atom stereocenters. The number of imide groups is 1. The van der Waals surface area contributed by atoms with Gasteiger partial charge < -0.3 is 4.90 Å². The summed E-state index contributed by atoms with van der Waals surface area (Å²) in [6, 6.07) is 5.85. The van der Waals surface area contributed by atoms with Crippen LogP contribution in [-0.2, 0) is 24.4 Å². The Labute approximate surface area is 164 Å². The van der Waals surface area contributed by atoms with Gasteiger partial charge in [0.05, 0.1) is 10.6 Å². The summed E-state index contributed by atoms with van der Waals surface area (Å²) in [5, 5.41) is 0. The van der Waals surface area contributed by atoms with E-state index in [4.69, 9.17) is 0 Å². The highest BCUT2D eigenvalue weighted by molar-refractivity contribution is 7.89. The molecule has 1 aliphatic carbocycles. The molecule has 1 aromatic rings. The number of hydrogen-bond donors (Lipinski definition) is 0. The molecule has 3 fully saturated rings. The van der Waals surface area contributed by atoms with Crippen molar-refractivity contribution >= 4 is 33.4 Å². The summed E-state index contributed by atoms with van der Waals surface area (Å²) in [5.41, 5.74) is 0.392. The predicted molar refractivity (Wildman–Crippen MR) is 101 cm³/mol. The van der Waals surface area contributed by atoms with Crippen LogP contribution in [0, 0.1) is 5.92 Å². The lowest BCUT2D eigenvalue weighted by molar-refractivity contribution is -0.132. The van der Waals surface area contributed by atoms with Crippen molar-refractivity contribution in [3.63, 3.8) is 0 Å². The molecular formula is C19H23N3O5S. The summed E-state index contributed by atoms with van der Waals surface area (Å²) in [4.78, 5) is 38.9. The van der Waals surface area contributed by atoms with E-state index in [-0.39, 0.29) is 47.9 Å². The van der Waals surface area contributed by atoms with Gasteiger partial charge in [-0.3, -0.25) is 19.3 Å². The molecule has 2 saturated heterocycles. The zero-order valence-electron chi connectivity index (χ0n) is 15.5. The summed E-state index contributed by atoms with van der Waals surface area (Å²) < 4.78 is 27.4. The Bertz CT molecular complexity index is 892. The summed E-state index contributed by atoms with van der Waals surface area (Å²) in [6.45, 7) is 1.62. The van der Waals surface area contributed by atoms with Crippen molar-refractivity contribution in [2.45, 2.75) is 37.0 Å². The van der Waals surface area contributed by atoms with Crippen LogP contribution >= 0.6 is 0 Å². The monoisotopic (exact) mass is 405 g/mol. The molecule has 8 nitrogen and oxygen atoms in total. The van der Waals surface area contributed by atoms with E-state index in [0.29, 0.717) is 31.7 Å². The van der Waals surface area contributed by atoms with Crippen molar-refractivity contribution in [2.24, 2.45) is 5.92 Å². The lowest BCUT2D eigenvalue weighted by Crippen LogP contribution is -2.38. The van der Waals surface area contributed by atoms with Gasteiger partial charge in [-0.05, 0) is 43.5 Å². The van der Waals surface area contributed by atoms with Crippen LogP contribution in [0.4, 0.5) is 5.69 Å². The maximum atomic E-state index is 13.0. The Balaban J connectivity index is 1.47. The molecule has 28 heavy (non-hydrogen) atoms. The van der Waals surface area contributed by atoms with Gasteiger partial charge in [-0.1, -0.05) is 0 Å². The average molecular weight is 405 g/mol. The quantitative estimate of drug-likeness (QED) is 0.696. The van der Waals surface area contributed by atoms with Crippen LogP contribution in [0.15, 0.2) is 29.2 Å². The SMILES string of the molecule is O=C(C1CC1)N1CCCN(S(=O)(=O)c2ccc(N3C(=O)CCC3=O)cc2)CC1. The van der Waals surface area contributed by atoms with Gasteiger partial charge in [0.15, 0.2) is 0 Å². The number of anilines is 1. The fraction of sp³-hybridized carbons (Fsp3) is 0.526. The number of carbonyl (C=O) groups is 3. The molecule has 3 aliphatic rings. The Hall–Kier alpha value is -2.26. The topological polar surface area (TPSA) is 95.1 Å². The first-order chi connectivity index (χ1) is 13.4. The zero-order chi connectivity index (χ0) is 19.9. The second-order valence-corrected chi connectivity index (χ2v) is 9.41. The van der Waals surface area contributed by atoms with Crippen molar-refractivity contribution in [2.75, 3.05) is 31.1 Å². The Morgan fingerprint density at radius 3 is 2.14 bits per heavy atom. The van der Waals surface area contributed by atoms with E-state index in [1.54, 1.807) is 4.90 Å². The Morgan fingerprint density at radius 2 is 1.54 bits per heavy atom. The van der Waals surface area contributed by atoms with Crippen molar-refractivity contribution in [3.05, 3.63) is 24.3 Å². The van der Waals surface area contributed by atoms with E-state index in [9.17, 15) is 22.8 Å². The van der Waals surface area contributed by atoms with E-state index in [2.05, 4.69) is 0 Å². The molecule has 2 heterocycles. The molecule has 9 heteroatoms. The molecule has 1 aromatic carbocycles. The standard InChI is InChI=1S/C19H23N3O5S/c23-17-8-9-18(24)22(17)15-4-6-16(7-5-15)28(26,27)21-11-1-10-20(12-13-21)19(25)14-2-3-14/h4-7,14H,1-3,8-13H2. The minimum Gasteiger partial charge on any atom is -0.341 e. The molecule has 3 amide bonds. The molecule has 0 N–H and O–H groups in total. The average Bonchev–Trinajstić information content (AvgIpc) is 3.49. The largest absolute Gasteiger partial charge is 0.341 e. The Morgan fingerprint density at radius 1 is 0.893 bits per heavy atom. The van der Waals surface area contributed by atoms with E-state index >= 15 is 0 Å². The molecule has 0 bridgehead atoms. The van der Waals surface area contributed by atoms with E-state index in [0.717, 1.165) is 17.7 Å². The van der Waals surface area contributed by atoms with E-state index in [1.807, 2.05) is 0 Å². The van der Waals surface area contributed by atoms with Gasteiger partial charge in [0.25, 0.3) is 0 Å². The number of hydrogen-bond acceptors (Lipinski definition) is 5. The number of benzene rings is 1. The Kier molecular flexibility index (Phi) is 4.96. The number of nitrogens with zero attached hydrogens (tertiary/aromatic N) is 3. The summed E-state index contributed by atoms with van der Waals surface area (Å²) in [6.07, 6.45) is 2.84. The van der Waals surface area contributed by atoms with E-state index in [1.165, 1.54) is 28.6 Å². The first-order valence-corrected chi connectivity index (χ1v) is 11.1. The molecule has 0 radical (unpaired) electrons. The van der Waals surface area contributed by atoms with Crippen LogP contribution in [0.5, 0.6) is 0 Å². The van der Waals surface area contributed by atoms with Crippen LogP contribution in [0.3, 0.4) is 0 Å². The fourth-order valence-electron chi connectivity index (χ4n) is 3.72. The minimum absolute atomic E-state index is 0.123. The molecule has 2 aliphatic heterocycles. The van der Waals surface area contributed by atoms with Crippen LogP contribution in [0.2, 0.25) is 0 Å². The van der Waals surface area contributed by atoms with Crippen LogP contribution in [0.1, 0.15) is 32.1 Å². The highest BCUT2D eigenvalue weighted by atomic mass is 32.2. The number of amides is 3. The predicted octanol–water partition coefficient (Wildman–Crippen LogP) is 0.973. The van der Waals surface area contributed by atoms with Gasteiger partial charge in [-0.15, -0.1) is 0 Å². The first-order valence-electron chi connectivity index (χ1n) is 9.63. The van der Waals surface area contributed by atoms with Crippen LogP contribution in [0.25, 0.3) is 0 Å². The maximum Gasteiger partial charge on any atom is 0.243 e. The molecule has 0 atom stereocenters. The van der Waals surface area contributed by atoms with Crippen molar-refractivity contribution in [1.82, 2.24) is 9.21 Å². The van der Waals surface area contributed by atoms with Gasteiger partial charge in [-0.2, -0.15) is 4.31 Å². The molecule has 0 aromatic heterocycles. The zero-order valence-corrected chi connectivity index (χ0v) is 16.4. The van der Waals surface area contributed by atoms with Crippen LogP contribution < -0.4 is 4.90 Å². The molecule has 4 rings (SSSR count). The third-order valence-electron chi connectivity index (χ3n) is 5.48. The second-order valence-electron chi connectivity index (χ2n) is 7.47. The van der Waals surface area contributed by atoms with Crippen molar-refractivity contribution < 1.29 is 22.8 Å². The number of rotatable bonds is 4. The summed E-state index contributed by atoms with van der Waals surface area (Å²) in [7, 11) is -3.70. The minimum atomic E-state index is -3.70. The van der Waals surface area contributed by atoms with Gasteiger partial charge in [0, 0.05) is 44.9 Å². The first kappa shape index (κ1) is 19.1. The molecule has 0 spiro atoms. The second kappa shape index (κ2) is 7.29. The third-order valence-corrected chi connectivity index (χ3v) is 7.39. The third kappa shape index (κ3) is 3.56. The lowest BCUT2D eigenvalue weighted by atomic mass is 10.3. The number of sulfonamides is 1. The van der Waals surface area contributed by atoms with Crippen molar-refractivity contribution in [3.8, 4) is 0 Å². The highest BCUT2D eigenvalue weighted by Gasteiger charge is 2.35. The highest BCUT2D eigenvalue weighted by Crippen LogP contribution is 2.31. The van der Waals surface area contributed by atoms with Crippen LogP contribution in [-0.4, -0.2) is 61.5 Å². The van der Waals surface area contributed by atoms with Gasteiger partial charge in [0.1, 0.15) is 0 Å². The van der Waals surface area contributed by atoms with Gasteiger partial charge in [-0.25, -0.2) is 8.42 Å². The molecular weight excluding hydrogens is 382 g/mol. The van der Waals surface area contributed by atoms with E-state index < -0.39 is 10.0 Å². The molecule has 1 saturated carbocycles. The molecule has 150 valence electrons. The van der Waals surface area contributed by atoms with Gasteiger partial charge in [0.2, 0.25) is 27.7 Å². The van der Waals surface area contributed by atoms with Gasteiger partial charge >= 0.3 is 0 Å². The van der Waals surface area contributed by atoms with Crippen molar-refractivity contribution in [1.29, 1.82) is 0 Å². The maximum absolute atomic E-state index is 13.0.